The predicted molar refractivity (Wildman–Crippen MR) is 204 cm³/mol. The highest BCUT2D eigenvalue weighted by atomic mass is 32.1. The second kappa shape index (κ2) is 9.71. The maximum atomic E-state index is 5.42. The Morgan fingerprint density at radius 3 is 2.06 bits per heavy atom. The third-order valence-corrected chi connectivity index (χ3v) is 11.3. The van der Waals surface area contributed by atoms with Crippen molar-refractivity contribution >= 4 is 91.4 Å². The van der Waals surface area contributed by atoms with Crippen LogP contribution >= 0.6 is 11.3 Å². The zero-order valence-corrected chi connectivity index (χ0v) is 26.5. The minimum Gasteiger partial charge on any atom is -0.291 e. The Kier molecular flexibility index (Phi) is 5.26. The largest absolute Gasteiger partial charge is 0.291 e. The molecule has 0 amide bonds. The van der Waals surface area contributed by atoms with E-state index in [-0.39, 0.29) is 0 Å². The number of rotatable bonds is 2. The summed E-state index contributed by atoms with van der Waals surface area (Å²) in [6, 6.07) is 52.8. The molecule has 0 unspecified atom stereocenters. The van der Waals surface area contributed by atoms with Crippen LogP contribution in [-0.4, -0.2) is 14.4 Å². The van der Waals surface area contributed by atoms with E-state index < -0.39 is 0 Å². The molecule has 0 saturated carbocycles. The molecule has 3 nitrogen and oxygen atoms in total. The minimum absolute atomic E-state index is 1.01. The van der Waals surface area contributed by atoms with Crippen molar-refractivity contribution in [1.82, 2.24) is 14.4 Å². The van der Waals surface area contributed by atoms with Crippen LogP contribution in [-0.2, 0) is 0 Å². The Labute approximate surface area is 279 Å². The van der Waals surface area contributed by atoms with Crippen LogP contribution in [0.15, 0.2) is 152 Å². The molecule has 222 valence electrons. The van der Waals surface area contributed by atoms with Gasteiger partial charge in [0, 0.05) is 37.8 Å². The fourth-order valence-corrected chi connectivity index (χ4v) is 9.04. The van der Waals surface area contributed by atoms with Crippen molar-refractivity contribution in [2.75, 3.05) is 0 Å². The first-order valence-electron chi connectivity index (χ1n) is 16.2. The summed E-state index contributed by atoms with van der Waals surface area (Å²) in [6.45, 7) is 0. The summed E-state index contributed by atoms with van der Waals surface area (Å²) in [5.41, 5.74) is 8.91. The first kappa shape index (κ1) is 26.0. The average molecular weight is 628 g/mol. The molecule has 11 aromatic rings. The lowest BCUT2D eigenvalue weighted by molar-refractivity contribution is 1.25. The van der Waals surface area contributed by atoms with Gasteiger partial charge in [-0.15, -0.1) is 11.3 Å². The third kappa shape index (κ3) is 3.58. The van der Waals surface area contributed by atoms with Crippen LogP contribution in [0.4, 0.5) is 0 Å². The van der Waals surface area contributed by atoms with Crippen molar-refractivity contribution in [3.05, 3.63) is 152 Å². The van der Waals surface area contributed by atoms with Crippen molar-refractivity contribution in [1.29, 1.82) is 0 Å². The van der Waals surface area contributed by atoms with E-state index in [9.17, 15) is 0 Å². The van der Waals surface area contributed by atoms with Crippen LogP contribution in [0.5, 0.6) is 0 Å². The van der Waals surface area contributed by atoms with Gasteiger partial charge in [-0.1, -0.05) is 127 Å². The summed E-state index contributed by atoms with van der Waals surface area (Å²) in [6.07, 6.45) is 1.88. The number of fused-ring (bicyclic) bond motifs is 14. The molecule has 0 atom stereocenters. The molecule has 0 saturated heterocycles. The SMILES string of the molecule is c1ccc2c(c1)ccc1c2nc2c3sc4c5ccccc5ccc4c3cc(-c3ccc(-c4cccc5c4ccc4cccnc45)cc3)n12. The fourth-order valence-electron chi connectivity index (χ4n) is 7.75. The monoisotopic (exact) mass is 627 g/mol. The van der Waals surface area contributed by atoms with Crippen molar-refractivity contribution in [3.8, 4) is 22.4 Å². The Bertz CT molecular complexity index is 3110. The molecule has 0 aliphatic heterocycles. The molecule has 4 heteroatoms. The van der Waals surface area contributed by atoms with Crippen LogP contribution in [0.25, 0.3) is 102 Å². The van der Waals surface area contributed by atoms with E-state index >= 15 is 0 Å². The van der Waals surface area contributed by atoms with Gasteiger partial charge < -0.3 is 0 Å². The number of thiophene rings is 1. The van der Waals surface area contributed by atoms with Gasteiger partial charge in [-0.05, 0) is 56.4 Å². The first-order valence-corrected chi connectivity index (χ1v) is 17.1. The van der Waals surface area contributed by atoms with Crippen LogP contribution in [0.2, 0.25) is 0 Å². The molecule has 0 radical (unpaired) electrons. The van der Waals surface area contributed by atoms with E-state index in [0.29, 0.717) is 0 Å². The maximum Gasteiger partial charge on any atom is 0.156 e. The van der Waals surface area contributed by atoms with Crippen LogP contribution < -0.4 is 0 Å². The topological polar surface area (TPSA) is 30.2 Å². The molecule has 0 N–H and O–H groups in total. The molecule has 0 spiro atoms. The van der Waals surface area contributed by atoms with Crippen LogP contribution in [0.3, 0.4) is 0 Å². The van der Waals surface area contributed by atoms with Gasteiger partial charge in [0.1, 0.15) is 0 Å². The van der Waals surface area contributed by atoms with Gasteiger partial charge in [-0.25, -0.2) is 4.98 Å². The summed E-state index contributed by atoms with van der Waals surface area (Å²) in [7, 11) is 0. The molecule has 0 aliphatic carbocycles. The smallest absolute Gasteiger partial charge is 0.156 e. The normalized spacial score (nSPS) is 12.2. The molecular weight excluding hydrogens is 603 g/mol. The number of hydrogen-bond donors (Lipinski definition) is 0. The Morgan fingerprint density at radius 1 is 0.458 bits per heavy atom. The highest BCUT2D eigenvalue weighted by molar-refractivity contribution is 7.27. The molecule has 4 heterocycles. The van der Waals surface area contributed by atoms with E-state index in [1.165, 1.54) is 63.6 Å². The summed E-state index contributed by atoms with van der Waals surface area (Å²) >= 11 is 1.86. The molecule has 48 heavy (non-hydrogen) atoms. The zero-order valence-electron chi connectivity index (χ0n) is 25.7. The molecule has 4 aromatic heterocycles. The second-order valence-electron chi connectivity index (χ2n) is 12.6. The molecule has 11 rings (SSSR count). The van der Waals surface area contributed by atoms with Crippen molar-refractivity contribution < 1.29 is 0 Å². The van der Waals surface area contributed by atoms with Crippen LogP contribution in [0, 0.1) is 0 Å². The predicted octanol–water partition coefficient (Wildman–Crippen LogP) is 12.2. The Morgan fingerprint density at radius 2 is 1.17 bits per heavy atom. The Balaban J connectivity index is 1.19. The van der Waals surface area contributed by atoms with Crippen molar-refractivity contribution in [2.24, 2.45) is 0 Å². The lowest BCUT2D eigenvalue weighted by atomic mass is 9.95. The molecule has 0 fully saturated rings. The summed E-state index contributed by atoms with van der Waals surface area (Å²) in [4.78, 5) is 10.1. The quantitative estimate of drug-likeness (QED) is 0.179. The van der Waals surface area contributed by atoms with Crippen molar-refractivity contribution in [2.45, 2.75) is 0 Å². The van der Waals surface area contributed by atoms with Gasteiger partial charge in [0.05, 0.1) is 26.9 Å². The zero-order chi connectivity index (χ0) is 31.3. The van der Waals surface area contributed by atoms with Gasteiger partial charge in [-0.2, -0.15) is 0 Å². The van der Waals surface area contributed by atoms with Gasteiger partial charge >= 0.3 is 0 Å². The fraction of sp³-hybridized carbons (Fsp3) is 0. The highest BCUT2D eigenvalue weighted by Crippen LogP contribution is 2.44. The van der Waals surface area contributed by atoms with Gasteiger partial charge in [0.2, 0.25) is 0 Å². The van der Waals surface area contributed by atoms with Crippen LogP contribution in [0.1, 0.15) is 0 Å². The van der Waals surface area contributed by atoms with E-state index in [2.05, 4.69) is 144 Å². The van der Waals surface area contributed by atoms with Gasteiger partial charge in [0.15, 0.2) is 5.65 Å². The molecule has 0 bridgehead atoms. The minimum atomic E-state index is 1.01. The number of aromatic nitrogens is 3. The Hall–Kier alpha value is -6.10. The van der Waals surface area contributed by atoms with Crippen molar-refractivity contribution in [3.63, 3.8) is 0 Å². The van der Waals surface area contributed by atoms with E-state index in [1.807, 2.05) is 23.6 Å². The number of imidazole rings is 1. The van der Waals surface area contributed by atoms with E-state index in [1.54, 1.807) is 0 Å². The van der Waals surface area contributed by atoms with E-state index in [0.717, 1.165) is 38.8 Å². The standard InChI is InChI=1S/C44H25N3S/c1-3-10-32-26(7-1)20-23-38-41(32)46-44-43-37(36-22-18-27-8-2-4-11-33(27)42(36)48-43)25-39(47(38)44)29-16-14-28(15-17-29)31-12-5-13-35-34(31)21-19-30-9-6-24-45-40(30)35/h1-25H. The summed E-state index contributed by atoms with van der Waals surface area (Å²) in [5, 5.41) is 11.0. The molecule has 7 aromatic carbocycles. The lowest BCUT2D eigenvalue weighted by Crippen LogP contribution is -1.93. The second-order valence-corrected chi connectivity index (χ2v) is 13.6. The lowest BCUT2D eigenvalue weighted by Gasteiger charge is -2.12. The van der Waals surface area contributed by atoms with Gasteiger partial charge in [-0.3, -0.25) is 9.38 Å². The number of hydrogen-bond acceptors (Lipinski definition) is 3. The highest BCUT2D eigenvalue weighted by Gasteiger charge is 2.20. The third-order valence-electron chi connectivity index (χ3n) is 10.0. The number of benzene rings is 7. The summed E-state index contributed by atoms with van der Waals surface area (Å²) < 4.78 is 4.91. The molecule has 0 aliphatic rings. The average Bonchev–Trinajstić information content (AvgIpc) is 3.74. The van der Waals surface area contributed by atoms with E-state index in [4.69, 9.17) is 9.97 Å². The van der Waals surface area contributed by atoms with Gasteiger partial charge in [0.25, 0.3) is 0 Å². The molecular formula is C44H25N3S. The number of nitrogens with zero attached hydrogens (tertiary/aromatic N) is 3. The summed E-state index contributed by atoms with van der Waals surface area (Å²) in [5.74, 6) is 0. The maximum absolute atomic E-state index is 5.42. The number of pyridine rings is 2. The first-order chi connectivity index (χ1) is 23.8.